The molecule has 5 nitrogen and oxygen atoms in total. The first kappa shape index (κ1) is 17.8. The second kappa shape index (κ2) is 7.29. The number of carbonyl (C=O) groups excluding carboxylic acids is 1. The van der Waals surface area contributed by atoms with Crippen molar-refractivity contribution >= 4 is 56.2 Å². The van der Waals surface area contributed by atoms with Gasteiger partial charge in [0.05, 0.1) is 16.8 Å². The molecule has 0 atom stereocenters. The molecule has 0 aliphatic carbocycles. The summed E-state index contributed by atoms with van der Waals surface area (Å²) in [5.74, 6) is 0.253. The summed E-state index contributed by atoms with van der Waals surface area (Å²) < 4.78 is 2.30. The number of para-hydroxylation sites is 3. The molecular formula is C23H20N4OS. The van der Waals surface area contributed by atoms with Crippen LogP contribution in [-0.2, 0) is 11.3 Å². The minimum absolute atomic E-state index is 0.0472. The van der Waals surface area contributed by atoms with Gasteiger partial charge in [0, 0.05) is 34.0 Å². The molecule has 0 saturated carbocycles. The molecule has 2 aromatic heterocycles. The summed E-state index contributed by atoms with van der Waals surface area (Å²) in [4.78, 5) is 20.2. The van der Waals surface area contributed by atoms with Crippen molar-refractivity contribution in [1.82, 2.24) is 14.5 Å². The van der Waals surface area contributed by atoms with E-state index in [9.17, 15) is 4.79 Å². The lowest BCUT2D eigenvalue weighted by molar-refractivity contribution is -0.113. The summed E-state index contributed by atoms with van der Waals surface area (Å²) in [5, 5.41) is 6.14. The van der Waals surface area contributed by atoms with E-state index in [2.05, 4.69) is 63.2 Å². The van der Waals surface area contributed by atoms with Crippen LogP contribution in [-0.4, -0.2) is 26.2 Å². The van der Waals surface area contributed by atoms with Crippen LogP contribution in [0.1, 0.15) is 6.92 Å². The average Bonchev–Trinajstić information content (AvgIpc) is 3.30. The number of aryl methyl sites for hydroxylation is 1. The molecule has 3 aromatic carbocycles. The molecule has 0 aliphatic heterocycles. The fourth-order valence-corrected chi connectivity index (χ4v) is 4.49. The van der Waals surface area contributed by atoms with E-state index in [4.69, 9.17) is 0 Å². The molecule has 5 rings (SSSR count). The van der Waals surface area contributed by atoms with Crippen LogP contribution in [0.2, 0.25) is 0 Å². The molecular weight excluding hydrogens is 380 g/mol. The Labute approximate surface area is 172 Å². The topological polar surface area (TPSA) is 62.7 Å². The fraction of sp³-hybridized carbons (Fsp3) is 0.130. The number of nitrogens with one attached hydrogen (secondary N) is 2. The summed E-state index contributed by atoms with van der Waals surface area (Å²) >= 11 is 1.40. The Morgan fingerprint density at radius 2 is 1.83 bits per heavy atom. The SMILES string of the molecule is CCn1c2ccccc2c2cc(NC(=O)CSc3nc4ccccc4[nH]3)ccc21. The van der Waals surface area contributed by atoms with E-state index in [1.807, 2.05) is 30.3 Å². The second-order valence-electron chi connectivity index (χ2n) is 6.89. The molecule has 6 heteroatoms. The van der Waals surface area contributed by atoms with Crippen molar-refractivity contribution in [3.05, 3.63) is 66.7 Å². The molecule has 144 valence electrons. The van der Waals surface area contributed by atoms with Crippen LogP contribution in [0.25, 0.3) is 32.8 Å². The largest absolute Gasteiger partial charge is 0.341 e. The smallest absolute Gasteiger partial charge is 0.234 e. The van der Waals surface area contributed by atoms with Crippen LogP contribution >= 0.6 is 11.8 Å². The first-order valence-electron chi connectivity index (χ1n) is 9.61. The molecule has 5 aromatic rings. The van der Waals surface area contributed by atoms with Gasteiger partial charge in [-0.25, -0.2) is 4.98 Å². The lowest BCUT2D eigenvalue weighted by Crippen LogP contribution is -2.14. The molecule has 0 unspecified atom stereocenters. The van der Waals surface area contributed by atoms with Gasteiger partial charge in [0.2, 0.25) is 5.91 Å². The Kier molecular flexibility index (Phi) is 4.48. The molecule has 2 heterocycles. The van der Waals surface area contributed by atoms with Gasteiger partial charge in [-0.15, -0.1) is 0 Å². The molecule has 0 spiro atoms. The predicted molar refractivity (Wildman–Crippen MR) is 121 cm³/mol. The normalized spacial score (nSPS) is 11.5. The van der Waals surface area contributed by atoms with Gasteiger partial charge in [-0.2, -0.15) is 0 Å². The number of thioether (sulfide) groups is 1. The number of hydrogen-bond donors (Lipinski definition) is 2. The van der Waals surface area contributed by atoms with Gasteiger partial charge in [-0.3, -0.25) is 4.79 Å². The fourth-order valence-electron chi connectivity index (χ4n) is 3.80. The molecule has 0 aliphatic rings. The van der Waals surface area contributed by atoms with Gasteiger partial charge in [0.15, 0.2) is 5.16 Å². The third kappa shape index (κ3) is 3.25. The summed E-state index contributed by atoms with van der Waals surface area (Å²) in [6.07, 6.45) is 0. The highest BCUT2D eigenvalue weighted by Gasteiger charge is 2.11. The number of aromatic nitrogens is 3. The van der Waals surface area contributed by atoms with E-state index in [0.29, 0.717) is 5.75 Å². The quantitative estimate of drug-likeness (QED) is 0.387. The van der Waals surface area contributed by atoms with Crippen LogP contribution in [0.3, 0.4) is 0 Å². The maximum atomic E-state index is 12.5. The number of imidazole rings is 1. The minimum atomic E-state index is -0.0472. The van der Waals surface area contributed by atoms with Gasteiger partial charge >= 0.3 is 0 Å². The number of aromatic amines is 1. The molecule has 0 fully saturated rings. The number of benzene rings is 3. The Hall–Kier alpha value is -3.25. The van der Waals surface area contributed by atoms with Crippen molar-refractivity contribution in [3.8, 4) is 0 Å². The maximum absolute atomic E-state index is 12.5. The summed E-state index contributed by atoms with van der Waals surface area (Å²) in [5.41, 5.74) is 5.10. The third-order valence-electron chi connectivity index (χ3n) is 5.08. The number of fused-ring (bicyclic) bond motifs is 4. The van der Waals surface area contributed by atoms with Gasteiger partial charge in [0.1, 0.15) is 0 Å². The second-order valence-corrected chi connectivity index (χ2v) is 7.85. The summed E-state index contributed by atoms with van der Waals surface area (Å²) in [7, 11) is 0. The van der Waals surface area contributed by atoms with Crippen molar-refractivity contribution < 1.29 is 4.79 Å². The number of anilines is 1. The van der Waals surface area contributed by atoms with Crippen molar-refractivity contribution in [1.29, 1.82) is 0 Å². The first-order valence-corrected chi connectivity index (χ1v) is 10.6. The standard InChI is InChI=1S/C23H20N4OS/c1-2-27-20-10-6-3-7-16(20)17-13-15(11-12-21(17)27)24-22(28)14-29-23-25-18-8-4-5-9-19(18)26-23/h3-13H,2,14H2,1H3,(H,24,28)(H,25,26). The number of hydrogen-bond acceptors (Lipinski definition) is 3. The molecule has 2 N–H and O–H groups in total. The predicted octanol–water partition coefficient (Wildman–Crippen LogP) is 5.42. The van der Waals surface area contributed by atoms with Crippen LogP contribution in [0, 0.1) is 0 Å². The minimum Gasteiger partial charge on any atom is -0.341 e. The molecule has 0 radical (unpaired) electrons. The maximum Gasteiger partial charge on any atom is 0.234 e. The Morgan fingerprint density at radius 1 is 1.03 bits per heavy atom. The summed E-state index contributed by atoms with van der Waals surface area (Å²) in [6, 6.07) is 22.4. The highest BCUT2D eigenvalue weighted by atomic mass is 32.2. The number of amides is 1. The zero-order chi connectivity index (χ0) is 19.8. The number of nitrogens with zero attached hydrogens (tertiary/aromatic N) is 2. The van der Waals surface area contributed by atoms with Crippen molar-refractivity contribution in [2.24, 2.45) is 0 Å². The number of H-pyrrole nitrogens is 1. The Bertz CT molecular complexity index is 1320. The van der Waals surface area contributed by atoms with Crippen molar-refractivity contribution in [3.63, 3.8) is 0 Å². The Balaban J connectivity index is 1.35. The monoisotopic (exact) mass is 400 g/mol. The number of rotatable bonds is 5. The van der Waals surface area contributed by atoms with Crippen LogP contribution in [0.5, 0.6) is 0 Å². The van der Waals surface area contributed by atoms with E-state index in [1.165, 1.54) is 28.2 Å². The van der Waals surface area contributed by atoms with E-state index >= 15 is 0 Å². The van der Waals surface area contributed by atoms with E-state index < -0.39 is 0 Å². The van der Waals surface area contributed by atoms with Crippen LogP contribution < -0.4 is 5.32 Å². The van der Waals surface area contributed by atoms with Crippen LogP contribution in [0.4, 0.5) is 5.69 Å². The van der Waals surface area contributed by atoms with Crippen molar-refractivity contribution in [2.75, 3.05) is 11.1 Å². The zero-order valence-electron chi connectivity index (χ0n) is 16.0. The Morgan fingerprint density at radius 3 is 2.69 bits per heavy atom. The average molecular weight is 401 g/mol. The van der Waals surface area contributed by atoms with Gasteiger partial charge in [0.25, 0.3) is 0 Å². The van der Waals surface area contributed by atoms with Gasteiger partial charge in [-0.05, 0) is 43.3 Å². The molecule has 1 amide bonds. The molecule has 29 heavy (non-hydrogen) atoms. The van der Waals surface area contributed by atoms with Crippen LogP contribution in [0.15, 0.2) is 71.9 Å². The lowest BCUT2D eigenvalue weighted by atomic mass is 10.1. The number of carbonyl (C=O) groups is 1. The van der Waals surface area contributed by atoms with E-state index in [-0.39, 0.29) is 5.91 Å². The lowest BCUT2D eigenvalue weighted by Gasteiger charge is -2.06. The van der Waals surface area contributed by atoms with E-state index in [0.717, 1.165) is 33.8 Å². The molecule has 0 saturated heterocycles. The van der Waals surface area contributed by atoms with Gasteiger partial charge in [-0.1, -0.05) is 42.1 Å². The van der Waals surface area contributed by atoms with Crippen molar-refractivity contribution in [2.45, 2.75) is 18.6 Å². The highest BCUT2D eigenvalue weighted by molar-refractivity contribution is 7.99. The highest BCUT2D eigenvalue weighted by Crippen LogP contribution is 2.31. The summed E-state index contributed by atoms with van der Waals surface area (Å²) in [6.45, 7) is 3.06. The zero-order valence-corrected chi connectivity index (χ0v) is 16.8. The molecule has 0 bridgehead atoms. The van der Waals surface area contributed by atoms with Gasteiger partial charge < -0.3 is 14.9 Å². The first-order chi connectivity index (χ1) is 14.2. The van der Waals surface area contributed by atoms with E-state index in [1.54, 1.807) is 0 Å². The third-order valence-corrected chi connectivity index (χ3v) is 5.95.